The Morgan fingerprint density at radius 1 is 1.27 bits per heavy atom. The molecule has 3 rings (SSSR count). The van der Waals surface area contributed by atoms with E-state index in [1.165, 1.54) is 11.8 Å². The summed E-state index contributed by atoms with van der Waals surface area (Å²) in [5, 5.41) is 8.02. The molecule has 1 fully saturated rings. The monoisotopic (exact) mass is 375 g/mol. The second-order valence-corrected chi connectivity index (χ2v) is 7.73. The third-order valence-corrected chi connectivity index (χ3v) is 5.26. The minimum atomic E-state index is -0.0861. The number of morpholine rings is 1. The molecule has 7 nitrogen and oxygen atoms in total. The van der Waals surface area contributed by atoms with Crippen LogP contribution in [0.4, 0.5) is 0 Å². The van der Waals surface area contributed by atoms with Crippen LogP contribution in [0, 0.1) is 0 Å². The molecule has 0 radical (unpaired) electrons. The van der Waals surface area contributed by atoms with Crippen LogP contribution in [-0.4, -0.2) is 69.7 Å². The van der Waals surface area contributed by atoms with Crippen molar-refractivity contribution < 1.29 is 9.53 Å². The zero-order chi connectivity index (χ0) is 18.4. The summed E-state index contributed by atoms with van der Waals surface area (Å²) in [5.74, 6) is 0.297. The van der Waals surface area contributed by atoms with Gasteiger partial charge < -0.3 is 10.1 Å². The van der Waals surface area contributed by atoms with Crippen molar-refractivity contribution in [2.75, 3.05) is 38.6 Å². The lowest BCUT2D eigenvalue weighted by atomic mass is 10.0. The van der Waals surface area contributed by atoms with Gasteiger partial charge in [-0.2, -0.15) is 0 Å². The maximum absolute atomic E-state index is 12.2. The van der Waals surface area contributed by atoms with Crippen LogP contribution in [0.5, 0.6) is 0 Å². The Labute approximate surface area is 158 Å². The van der Waals surface area contributed by atoms with E-state index < -0.39 is 0 Å². The van der Waals surface area contributed by atoms with E-state index in [4.69, 9.17) is 4.74 Å². The van der Waals surface area contributed by atoms with Gasteiger partial charge in [0, 0.05) is 25.2 Å². The zero-order valence-electron chi connectivity index (χ0n) is 15.2. The Hall–Kier alpha value is -1.90. The van der Waals surface area contributed by atoms with Gasteiger partial charge >= 0.3 is 0 Å². The highest BCUT2D eigenvalue weighted by Gasteiger charge is 2.28. The van der Waals surface area contributed by atoms with Crippen LogP contribution >= 0.6 is 11.8 Å². The average molecular weight is 375 g/mol. The molecule has 0 aliphatic carbocycles. The van der Waals surface area contributed by atoms with Crippen molar-refractivity contribution >= 4 is 17.7 Å². The predicted octanol–water partition coefficient (Wildman–Crippen LogP) is 1.59. The first kappa shape index (κ1) is 18.9. The molecular weight excluding hydrogens is 350 g/mol. The third kappa shape index (κ3) is 5.06. The number of para-hydroxylation sites is 1. The number of nitrogens with zero attached hydrogens (tertiary/aromatic N) is 4. The van der Waals surface area contributed by atoms with E-state index in [9.17, 15) is 4.79 Å². The number of aromatic nitrogens is 3. The molecule has 26 heavy (non-hydrogen) atoms. The molecule has 2 aromatic rings. The first-order valence-corrected chi connectivity index (χ1v) is 9.72. The van der Waals surface area contributed by atoms with Crippen LogP contribution in [0.1, 0.15) is 13.8 Å². The Morgan fingerprint density at radius 3 is 2.73 bits per heavy atom. The van der Waals surface area contributed by atoms with Crippen LogP contribution in [0.15, 0.2) is 41.8 Å². The Balaban J connectivity index is 1.45. The van der Waals surface area contributed by atoms with Crippen LogP contribution in [0.25, 0.3) is 5.69 Å². The van der Waals surface area contributed by atoms with Crippen LogP contribution in [0.2, 0.25) is 0 Å². The van der Waals surface area contributed by atoms with Gasteiger partial charge in [-0.05, 0) is 26.0 Å². The minimum Gasteiger partial charge on any atom is -0.379 e. The van der Waals surface area contributed by atoms with Gasteiger partial charge in [0.05, 0.1) is 24.7 Å². The molecule has 1 amide bonds. The first-order valence-electron chi connectivity index (χ1n) is 8.74. The largest absolute Gasteiger partial charge is 0.379 e. The molecule has 1 aliphatic heterocycles. The molecule has 1 aliphatic rings. The lowest BCUT2D eigenvalue weighted by molar-refractivity contribution is -0.119. The highest BCUT2D eigenvalue weighted by molar-refractivity contribution is 7.99. The maximum atomic E-state index is 12.2. The molecule has 1 aromatic heterocycles. The van der Waals surface area contributed by atoms with Crippen molar-refractivity contribution in [3.05, 3.63) is 36.7 Å². The standard InChI is InChI=1S/C18H25N5O2S/c1-18(2,22-8-10-25-11-9-22)13-19-16(24)12-26-17-20-14-23(21-17)15-6-4-3-5-7-15/h3-7,14H,8-13H2,1-2H3,(H,19,24). The Bertz CT molecular complexity index is 713. The normalized spacial score (nSPS) is 15.8. The van der Waals surface area contributed by atoms with Crippen LogP contribution in [0.3, 0.4) is 0 Å². The summed E-state index contributed by atoms with van der Waals surface area (Å²) in [6, 6.07) is 9.78. The first-order chi connectivity index (χ1) is 12.5. The van der Waals surface area contributed by atoms with Gasteiger partial charge in [0.15, 0.2) is 0 Å². The van der Waals surface area contributed by atoms with Gasteiger partial charge in [-0.3, -0.25) is 9.69 Å². The van der Waals surface area contributed by atoms with Gasteiger partial charge in [-0.15, -0.1) is 5.10 Å². The molecule has 2 heterocycles. The number of rotatable bonds is 7. The van der Waals surface area contributed by atoms with Gasteiger partial charge in [0.1, 0.15) is 6.33 Å². The summed E-state index contributed by atoms with van der Waals surface area (Å²) in [6.45, 7) is 8.21. The number of nitrogens with one attached hydrogen (secondary N) is 1. The van der Waals surface area contributed by atoms with E-state index in [2.05, 4.69) is 34.1 Å². The van der Waals surface area contributed by atoms with E-state index in [1.54, 1.807) is 11.0 Å². The lowest BCUT2D eigenvalue weighted by Crippen LogP contribution is -2.55. The van der Waals surface area contributed by atoms with Crippen molar-refractivity contribution in [1.29, 1.82) is 0 Å². The van der Waals surface area contributed by atoms with E-state index in [-0.39, 0.29) is 11.4 Å². The van der Waals surface area contributed by atoms with E-state index in [0.717, 1.165) is 32.0 Å². The average Bonchev–Trinajstić information content (AvgIpc) is 3.15. The molecule has 140 valence electrons. The second kappa shape index (κ2) is 8.66. The maximum Gasteiger partial charge on any atom is 0.230 e. The second-order valence-electron chi connectivity index (χ2n) is 6.78. The fraction of sp³-hybridized carbons (Fsp3) is 0.500. The van der Waals surface area contributed by atoms with Gasteiger partial charge in [-0.1, -0.05) is 30.0 Å². The fourth-order valence-corrected chi connectivity index (χ4v) is 3.43. The molecule has 0 spiro atoms. The molecule has 8 heteroatoms. The Morgan fingerprint density at radius 2 is 2.00 bits per heavy atom. The van der Waals surface area contributed by atoms with Crippen LogP contribution < -0.4 is 5.32 Å². The van der Waals surface area contributed by atoms with E-state index in [1.807, 2.05) is 30.3 Å². The molecule has 1 N–H and O–H groups in total. The number of hydrogen-bond donors (Lipinski definition) is 1. The number of benzene rings is 1. The molecule has 0 unspecified atom stereocenters. The zero-order valence-corrected chi connectivity index (χ0v) is 16.0. The van der Waals surface area contributed by atoms with Gasteiger partial charge in [-0.25, -0.2) is 9.67 Å². The summed E-state index contributed by atoms with van der Waals surface area (Å²) in [5.41, 5.74) is 0.862. The van der Waals surface area contributed by atoms with Gasteiger partial charge in [0.2, 0.25) is 11.1 Å². The quantitative estimate of drug-likeness (QED) is 0.741. The van der Waals surface area contributed by atoms with Crippen molar-refractivity contribution in [3.63, 3.8) is 0 Å². The highest BCUT2D eigenvalue weighted by atomic mass is 32.2. The van der Waals surface area contributed by atoms with E-state index in [0.29, 0.717) is 17.5 Å². The number of amides is 1. The molecule has 0 bridgehead atoms. The number of carbonyl (C=O) groups excluding carboxylic acids is 1. The molecule has 1 aromatic carbocycles. The third-order valence-electron chi connectivity index (χ3n) is 4.41. The van der Waals surface area contributed by atoms with Crippen LogP contribution in [-0.2, 0) is 9.53 Å². The SMILES string of the molecule is CC(C)(CNC(=O)CSc1ncn(-c2ccccc2)n1)N1CCOCC1. The number of ether oxygens (including phenoxy) is 1. The summed E-state index contributed by atoms with van der Waals surface area (Å²) < 4.78 is 7.10. The smallest absolute Gasteiger partial charge is 0.230 e. The van der Waals surface area contributed by atoms with Crippen molar-refractivity contribution in [1.82, 2.24) is 25.0 Å². The van der Waals surface area contributed by atoms with Crippen molar-refractivity contribution in [2.45, 2.75) is 24.5 Å². The fourth-order valence-electron chi connectivity index (χ4n) is 2.80. The van der Waals surface area contributed by atoms with E-state index >= 15 is 0 Å². The van der Waals surface area contributed by atoms with Crippen molar-refractivity contribution in [3.8, 4) is 5.69 Å². The molecule has 0 atom stereocenters. The molecule has 1 saturated heterocycles. The summed E-state index contributed by atoms with van der Waals surface area (Å²) in [6.07, 6.45) is 1.66. The number of carbonyl (C=O) groups is 1. The number of hydrogen-bond acceptors (Lipinski definition) is 6. The van der Waals surface area contributed by atoms with Gasteiger partial charge in [0.25, 0.3) is 0 Å². The minimum absolute atomic E-state index is 0.00704. The summed E-state index contributed by atoms with van der Waals surface area (Å²) in [4.78, 5) is 18.8. The van der Waals surface area contributed by atoms with Crippen molar-refractivity contribution in [2.24, 2.45) is 0 Å². The number of thioether (sulfide) groups is 1. The highest BCUT2D eigenvalue weighted by Crippen LogP contribution is 2.16. The molecular formula is C18H25N5O2S. The summed E-state index contributed by atoms with van der Waals surface area (Å²) >= 11 is 1.34. The lowest BCUT2D eigenvalue weighted by Gasteiger charge is -2.40. The topological polar surface area (TPSA) is 72.3 Å². The molecule has 0 saturated carbocycles. The summed E-state index contributed by atoms with van der Waals surface area (Å²) in [7, 11) is 0. The Kier molecular flexibility index (Phi) is 6.29. The predicted molar refractivity (Wildman–Crippen MR) is 102 cm³/mol.